The standard InChI is InChI=1S/C26H19NO6/c1-3-16-8-10-17(11-9-16)22-20-6-4-5-7-21(20)33-25(31)26(22,24(29)30)27-23(28)18-12-14-19(32-2)15-13-18/h1,4-15,22H,2H3,(H,27,28)(H,29,30)/t22-,26-/m1/s1. The Morgan fingerprint density at radius 3 is 2.33 bits per heavy atom. The van der Waals surface area contributed by atoms with Gasteiger partial charge in [-0.25, -0.2) is 9.59 Å². The number of amides is 1. The number of carboxylic acids is 1. The fraction of sp³-hybridized carbons (Fsp3) is 0.115. The van der Waals surface area contributed by atoms with E-state index in [2.05, 4.69) is 11.2 Å². The predicted molar refractivity (Wildman–Crippen MR) is 119 cm³/mol. The van der Waals surface area contributed by atoms with Gasteiger partial charge >= 0.3 is 11.9 Å². The van der Waals surface area contributed by atoms with E-state index in [0.29, 0.717) is 22.4 Å². The molecule has 0 fully saturated rings. The molecule has 7 heteroatoms. The molecule has 164 valence electrons. The summed E-state index contributed by atoms with van der Waals surface area (Å²) in [6.07, 6.45) is 5.45. The third-order valence-corrected chi connectivity index (χ3v) is 5.60. The number of nitrogens with one attached hydrogen (secondary N) is 1. The van der Waals surface area contributed by atoms with Gasteiger partial charge in [-0.2, -0.15) is 0 Å². The third kappa shape index (κ3) is 3.68. The number of hydrogen-bond donors (Lipinski definition) is 2. The lowest BCUT2D eigenvalue weighted by Gasteiger charge is -2.40. The summed E-state index contributed by atoms with van der Waals surface area (Å²) in [5, 5.41) is 12.8. The lowest BCUT2D eigenvalue weighted by molar-refractivity contribution is -0.159. The minimum Gasteiger partial charge on any atom is -0.497 e. The molecule has 3 aromatic carbocycles. The predicted octanol–water partition coefficient (Wildman–Crippen LogP) is 2.98. The quantitative estimate of drug-likeness (QED) is 0.273. The van der Waals surface area contributed by atoms with E-state index < -0.39 is 29.3 Å². The van der Waals surface area contributed by atoms with Gasteiger partial charge in [-0.05, 0) is 48.0 Å². The number of esters is 1. The molecule has 33 heavy (non-hydrogen) atoms. The summed E-state index contributed by atoms with van der Waals surface area (Å²) in [6, 6.07) is 19.3. The van der Waals surface area contributed by atoms with Gasteiger partial charge in [-0.3, -0.25) is 4.79 Å². The van der Waals surface area contributed by atoms with Crippen LogP contribution >= 0.6 is 0 Å². The van der Waals surface area contributed by atoms with Gasteiger partial charge in [0.25, 0.3) is 5.91 Å². The van der Waals surface area contributed by atoms with E-state index in [1.165, 1.54) is 19.2 Å². The Bertz CT molecular complexity index is 1270. The van der Waals surface area contributed by atoms with Crippen LogP contribution in [-0.4, -0.2) is 35.6 Å². The second kappa shape index (κ2) is 8.52. The Balaban J connectivity index is 1.87. The smallest absolute Gasteiger partial charge is 0.350 e. The van der Waals surface area contributed by atoms with Crippen molar-refractivity contribution in [2.24, 2.45) is 0 Å². The van der Waals surface area contributed by atoms with Crippen LogP contribution in [0.1, 0.15) is 33.0 Å². The minimum atomic E-state index is -2.41. The van der Waals surface area contributed by atoms with Crippen LogP contribution in [0.4, 0.5) is 0 Å². The first kappa shape index (κ1) is 21.7. The summed E-state index contributed by atoms with van der Waals surface area (Å²) < 4.78 is 10.5. The number of ether oxygens (including phenoxy) is 2. The number of carboxylic acid groups (broad SMARTS) is 1. The third-order valence-electron chi connectivity index (χ3n) is 5.60. The number of terminal acetylenes is 1. The van der Waals surface area contributed by atoms with Crippen molar-refractivity contribution < 1.29 is 29.0 Å². The lowest BCUT2D eigenvalue weighted by Crippen LogP contribution is -2.66. The first-order chi connectivity index (χ1) is 15.9. The molecule has 0 saturated carbocycles. The number of aliphatic carboxylic acids is 1. The highest BCUT2D eigenvalue weighted by atomic mass is 16.5. The number of carbonyl (C=O) groups is 3. The average Bonchev–Trinajstić information content (AvgIpc) is 2.84. The molecule has 0 aromatic heterocycles. The average molecular weight is 441 g/mol. The van der Waals surface area contributed by atoms with E-state index in [0.717, 1.165) is 0 Å². The monoisotopic (exact) mass is 441 g/mol. The van der Waals surface area contributed by atoms with Gasteiger partial charge in [0.1, 0.15) is 11.5 Å². The van der Waals surface area contributed by atoms with E-state index in [-0.39, 0.29) is 11.3 Å². The zero-order valence-electron chi connectivity index (χ0n) is 17.6. The van der Waals surface area contributed by atoms with Gasteiger partial charge in [0, 0.05) is 16.7 Å². The van der Waals surface area contributed by atoms with E-state index >= 15 is 0 Å². The van der Waals surface area contributed by atoms with Crippen molar-refractivity contribution in [3.63, 3.8) is 0 Å². The maximum Gasteiger partial charge on any atom is 0.350 e. The molecule has 0 bridgehead atoms. The largest absolute Gasteiger partial charge is 0.497 e. The molecule has 0 spiro atoms. The highest BCUT2D eigenvalue weighted by molar-refractivity contribution is 6.12. The zero-order valence-corrected chi connectivity index (χ0v) is 17.6. The number of hydrogen-bond acceptors (Lipinski definition) is 5. The SMILES string of the molecule is C#Cc1ccc([C@@H]2c3ccccc3OC(=O)[C@]2(NC(=O)c2ccc(OC)cc2)C(=O)O)cc1. The molecule has 0 radical (unpaired) electrons. The van der Waals surface area contributed by atoms with E-state index in [4.69, 9.17) is 15.9 Å². The lowest BCUT2D eigenvalue weighted by atomic mass is 9.72. The topological polar surface area (TPSA) is 102 Å². The van der Waals surface area contributed by atoms with Crippen molar-refractivity contribution in [1.82, 2.24) is 5.32 Å². The van der Waals surface area contributed by atoms with Gasteiger partial charge in [0.2, 0.25) is 5.54 Å². The highest BCUT2D eigenvalue weighted by Gasteiger charge is 2.60. The van der Waals surface area contributed by atoms with Crippen molar-refractivity contribution in [3.05, 3.63) is 95.1 Å². The van der Waals surface area contributed by atoms with E-state index in [1.54, 1.807) is 60.7 Å². The van der Waals surface area contributed by atoms with Crippen LogP contribution in [0.3, 0.4) is 0 Å². The summed E-state index contributed by atoms with van der Waals surface area (Å²) in [5.74, 6) is -1.20. The van der Waals surface area contributed by atoms with Crippen molar-refractivity contribution in [1.29, 1.82) is 0 Å². The number of methoxy groups -OCH3 is 1. The molecule has 0 saturated heterocycles. The fourth-order valence-corrected chi connectivity index (χ4v) is 3.93. The Kier molecular flexibility index (Phi) is 5.59. The van der Waals surface area contributed by atoms with E-state index in [1.807, 2.05) is 0 Å². The number of para-hydroxylation sites is 1. The first-order valence-electron chi connectivity index (χ1n) is 9.98. The molecule has 0 aliphatic carbocycles. The second-order valence-electron chi connectivity index (χ2n) is 7.42. The molecule has 1 amide bonds. The van der Waals surface area contributed by atoms with Gasteiger partial charge in [0.05, 0.1) is 13.0 Å². The van der Waals surface area contributed by atoms with Gasteiger partial charge in [-0.1, -0.05) is 36.3 Å². The minimum absolute atomic E-state index is 0.157. The maximum atomic E-state index is 13.2. The Labute approximate surface area is 190 Å². The Morgan fingerprint density at radius 2 is 1.73 bits per heavy atom. The molecule has 0 unspecified atom stereocenters. The normalized spacial score (nSPS) is 18.9. The van der Waals surface area contributed by atoms with Crippen molar-refractivity contribution >= 4 is 17.8 Å². The number of benzene rings is 3. The van der Waals surface area contributed by atoms with Gasteiger partial charge in [0.15, 0.2) is 0 Å². The summed E-state index contributed by atoms with van der Waals surface area (Å²) in [4.78, 5) is 39.0. The van der Waals surface area contributed by atoms with Crippen LogP contribution in [0.2, 0.25) is 0 Å². The molecule has 3 aromatic rings. The summed E-state index contributed by atoms with van der Waals surface area (Å²) >= 11 is 0. The number of fused-ring (bicyclic) bond motifs is 1. The molecule has 7 nitrogen and oxygen atoms in total. The molecule has 1 aliphatic rings. The molecule has 2 N–H and O–H groups in total. The number of carbonyl (C=O) groups excluding carboxylic acids is 2. The first-order valence-corrected chi connectivity index (χ1v) is 9.98. The summed E-state index contributed by atoms with van der Waals surface area (Å²) in [6.45, 7) is 0. The van der Waals surface area contributed by atoms with Crippen LogP contribution in [0.25, 0.3) is 0 Å². The highest BCUT2D eigenvalue weighted by Crippen LogP contribution is 2.44. The number of rotatable bonds is 5. The van der Waals surface area contributed by atoms with Crippen molar-refractivity contribution in [2.45, 2.75) is 11.5 Å². The maximum absolute atomic E-state index is 13.2. The molecular weight excluding hydrogens is 422 g/mol. The van der Waals surface area contributed by atoms with Crippen LogP contribution in [0, 0.1) is 12.3 Å². The molecule has 4 rings (SSSR count). The Morgan fingerprint density at radius 1 is 1.06 bits per heavy atom. The fourth-order valence-electron chi connectivity index (χ4n) is 3.93. The molecule has 2 atom stereocenters. The summed E-state index contributed by atoms with van der Waals surface area (Å²) in [5.41, 5.74) is -0.736. The Hall–Kier alpha value is -4.57. The van der Waals surface area contributed by atoms with Crippen LogP contribution in [0.5, 0.6) is 11.5 Å². The van der Waals surface area contributed by atoms with Crippen molar-refractivity contribution in [3.8, 4) is 23.8 Å². The summed E-state index contributed by atoms with van der Waals surface area (Å²) in [7, 11) is 1.49. The zero-order chi connectivity index (χ0) is 23.6. The molecule has 1 aliphatic heterocycles. The van der Waals surface area contributed by atoms with E-state index in [9.17, 15) is 19.5 Å². The van der Waals surface area contributed by atoms with Crippen LogP contribution < -0.4 is 14.8 Å². The molecular formula is C26H19NO6. The van der Waals surface area contributed by atoms with Crippen molar-refractivity contribution in [2.75, 3.05) is 7.11 Å². The van der Waals surface area contributed by atoms with Gasteiger partial charge in [-0.15, -0.1) is 6.42 Å². The van der Waals surface area contributed by atoms with Crippen LogP contribution in [-0.2, 0) is 9.59 Å². The van der Waals surface area contributed by atoms with Crippen LogP contribution in [0.15, 0.2) is 72.8 Å². The molecule has 1 heterocycles. The van der Waals surface area contributed by atoms with Gasteiger partial charge < -0.3 is 19.9 Å². The second-order valence-corrected chi connectivity index (χ2v) is 7.42.